The van der Waals surface area contributed by atoms with Crippen molar-refractivity contribution in [2.45, 2.75) is 29.2 Å². The summed E-state index contributed by atoms with van der Waals surface area (Å²) >= 11 is 1.15. The molecule has 1 aromatic carbocycles. The van der Waals surface area contributed by atoms with Gasteiger partial charge in [-0.15, -0.1) is 0 Å². The molecule has 1 aliphatic rings. The van der Waals surface area contributed by atoms with Crippen LogP contribution in [0.4, 0.5) is 0 Å². The maximum absolute atomic E-state index is 12.6. The Labute approximate surface area is 174 Å². The van der Waals surface area contributed by atoms with Crippen molar-refractivity contribution in [2.24, 2.45) is 0 Å². The van der Waals surface area contributed by atoms with E-state index in [1.165, 1.54) is 16.6 Å². The molecule has 29 heavy (non-hydrogen) atoms. The number of hydrogen-bond acceptors (Lipinski definition) is 6. The van der Waals surface area contributed by atoms with E-state index in [1.807, 2.05) is 0 Å². The highest BCUT2D eigenvalue weighted by atomic mass is 32.2. The minimum atomic E-state index is -3.52. The lowest BCUT2D eigenvalue weighted by molar-refractivity contribution is -0.119. The van der Waals surface area contributed by atoms with Gasteiger partial charge in [-0.2, -0.15) is 4.31 Å². The van der Waals surface area contributed by atoms with Gasteiger partial charge in [-0.1, -0.05) is 36.4 Å². The van der Waals surface area contributed by atoms with E-state index >= 15 is 0 Å². The number of thioether (sulfide) groups is 1. The van der Waals surface area contributed by atoms with Gasteiger partial charge in [0, 0.05) is 24.8 Å². The van der Waals surface area contributed by atoms with E-state index < -0.39 is 21.8 Å². The highest BCUT2D eigenvalue weighted by Crippen LogP contribution is 2.22. The van der Waals surface area contributed by atoms with Crippen LogP contribution in [0.25, 0.3) is 0 Å². The zero-order valence-corrected chi connectivity index (χ0v) is 17.3. The van der Waals surface area contributed by atoms with Gasteiger partial charge in [0.25, 0.3) is 5.91 Å². The molecule has 1 fully saturated rings. The van der Waals surface area contributed by atoms with Crippen molar-refractivity contribution in [1.82, 2.24) is 20.1 Å². The Morgan fingerprint density at radius 3 is 2.38 bits per heavy atom. The van der Waals surface area contributed by atoms with Gasteiger partial charge in [-0.05, 0) is 37.1 Å². The minimum absolute atomic E-state index is 0.0281. The number of nitrogens with one attached hydrogen (secondary N) is 2. The Hall–Kier alpha value is -2.43. The zero-order valence-electron chi connectivity index (χ0n) is 15.7. The predicted molar refractivity (Wildman–Crippen MR) is 110 cm³/mol. The number of benzene rings is 1. The van der Waals surface area contributed by atoms with Crippen molar-refractivity contribution in [3.8, 4) is 0 Å². The van der Waals surface area contributed by atoms with Crippen molar-refractivity contribution in [2.75, 3.05) is 18.8 Å². The number of carbonyl (C=O) groups is 2. The Morgan fingerprint density at radius 1 is 1.00 bits per heavy atom. The van der Waals surface area contributed by atoms with Gasteiger partial charge in [0.15, 0.2) is 0 Å². The Morgan fingerprint density at radius 2 is 1.72 bits per heavy atom. The molecule has 0 spiro atoms. The molecule has 0 unspecified atom stereocenters. The monoisotopic (exact) mass is 434 g/mol. The van der Waals surface area contributed by atoms with Gasteiger partial charge in [0.05, 0.1) is 10.8 Å². The first kappa shape index (κ1) is 21.3. The first-order chi connectivity index (χ1) is 14.0. The SMILES string of the molecule is O=C(CSc1ccc(S(=O)(=O)N2CCCCC2)cn1)NNC(=O)c1ccccc1. The smallest absolute Gasteiger partial charge is 0.269 e. The highest BCUT2D eigenvalue weighted by molar-refractivity contribution is 7.99. The molecule has 2 heterocycles. The summed E-state index contributed by atoms with van der Waals surface area (Å²) in [7, 11) is -3.52. The summed E-state index contributed by atoms with van der Waals surface area (Å²) in [5, 5.41) is 0.520. The molecule has 0 saturated carbocycles. The fourth-order valence-electron chi connectivity index (χ4n) is 2.82. The van der Waals surface area contributed by atoms with Crippen LogP contribution in [-0.4, -0.2) is 48.4 Å². The van der Waals surface area contributed by atoms with Crippen LogP contribution in [0.15, 0.2) is 58.6 Å². The molecular formula is C19H22N4O4S2. The zero-order chi connectivity index (χ0) is 20.7. The maximum Gasteiger partial charge on any atom is 0.269 e. The van der Waals surface area contributed by atoms with Crippen LogP contribution in [-0.2, 0) is 14.8 Å². The third-order valence-corrected chi connectivity index (χ3v) is 7.19. The number of sulfonamides is 1. The number of hydrazine groups is 1. The molecule has 0 atom stereocenters. The average molecular weight is 435 g/mol. The van der Waals surface area contributed by atoms with E-state index in [2.05, 4.69) is 15.8 Å². The maximum atomic E-state index is 12.6. The van der Waals surface area contributed by atoms with E-state index in [4.69, 9.17) is 0 Å². The van der Waals surface area contributed by atoms with Crippen LogP contribution >= 0.6 is 11.8 Å². The largest absolute Gasteiger partial charge is 0.272 e. The Kier molecular flexibility index (Phi) is 7.24. The number of piperidine rings is 1. The molecule has 2 N–H and O–H groups in total. The number of carbonyl (C=O) groups excluding carboxylic acids is 2. The fourth-order valence-corrected chi connectivity index (χ4v) is 4.93. The number of pyridine rings is 1. The third kappa shape index (κ3) is 5.78. The summed E-state index contributed by atoms with van der Waals surface area (Å²) < 4.78 is 26.7. The van der Waals surface area contributed by atoms with Gasteiger partial charge in [0.1, 0.15) is 4.90 Å². The minimum Gasteiger partial charge on any atom is -0.272 e. The van der Waals surface area contributed by atoms with Crippen molar-refractivity contribution in [3.63, 3.8) is 0 Å². The second-order valence-corrected chi connectivity index (χ2v) is 9.39. The molecule has 0 aliphatic carbocycles. The van der Waals surface area contributed by atoms with Crippen molar-refractivity contribution in [3.05, 3.63) is 54.2 Å². The average Bonchev–Trinajstić information content (AvgIpc) is 2.77. The molecule has 3 rings (SSSR count). The van der Waals surface area contributed by atoms with Crippen LogP contribution in [0.3, 0.4) is 0 Å². The van der Waals surface area contributed by atoms with Crippen LogP contribution in [0, 0.1) is 0 Å². The van der Waals surface area contributed by atoms with Gasteiger partial charge >= 0.3 is 0 Å². The van der Waals surface area contributed by atoms with E-state index in [0.29, 0.717) is 23.7 Å². The molecule has 8 nitrogen and oxygen atoms in total. The molecule has 0 bridgehead atoms. The lowest BCUT2D eigenvalue weighted by Gasteiger charge is -2.25. The van der Waals surface area contributed by atoms with Gasteiger partial charge in [-0.25, -0.2) is 13.4 Å². The highest BCUT2D eigenvalue weighted by Gasteiger charge is 2.26. The Balaban J connectivity index is 1.48. The van der Waals surface area contributed by atoms with Crippen LogP contribution < -0.4 is 10.9 Å². The first-order valence-electron chi connectivity index (χ1n) is 9.20. The summed E-state index contributed by atoms with van der Waals surface area (Å²) in [4.78, 5) is 28.1. The summed E-state index contributed by atoms with van der Waals surface area (Å²) in [6, 6.07) is 11.6. The quantitative estimate of drug-likeness (QED) is 0.530. The van der Waals surface area contributed by atoms with Crippen LogP contribution in [0.5, 0.6) is 0 Å². The summed E-state index contributed by atoms with van der Waals surface area (Å²) in [5.41, 5.74) is 5.12. The topological polar surface area (TPSA) is 108 Å². The number of rotatable bonds is 6. The predicted octanol–water partition coefficient (Wildman–Crippen LogP) is 1.81. The molecule has 1 aliphatic heterocycles. The van der Waals surface area contributed by atoms with E-state index in [0.717, 1.165) is 31.0 Å². The van der Waals surface area contributed by atoms with E-state index in [9.17, 15) is 18.0 Å². The second-order valence-electron chi connectivity index (χ2n) is 6.45. The van der Waals surface area contributed by atoms with Crippen molar-refractivity contribution < 1.29 is 18.0 Å². The number of nitrogens with zero attached hydrogens (tertiary/aromatic N) is 2. The number of hydrogen-bond donors (Lipinski definition) is 2. The molecular weight excluding hydrogens is 412 g/mol. The summed E-state index contributed by atoms with van der Waals surface area (Å²) in [6.45, 7) is 1.07. The summed E-state index contributed by atoms with van der Waals surface area (Å²) in [6.07, 6.45) is 4.11. The normalized spacial score (nSPS) is 14.9. The third-order valence-electron chi connectivity index (χ3n) is 4.36. The number of amides is 2. The van der Waals surface area contributed by atoms with Crippen molar-refractivity contribution >= 4 is 33.6 Å². The lowest BCUT2D eigenvalue weighted by atomic mass is 10.2. The van der Waals surface area contributed by atoms with Gasteiger partial charge in [-0.3, -0.25) is 20.4 Å². The fraction of sp³-hybridized carbons (Fsp3) is 0.316. The first-order valence-corrected chi connectivity index (χ1v) is 11.6. The molecule has 10 heteroatoms. The summed E-state index contributed by atoms with van der Waals surface area (Å²) in [5.74, 6) is -0.777. The van der Waals surface area contributed by atoms with E-state index in [1.54, 1.807) is 36.4 Å². The Bertz CT molecular complexity index is 944. The molecule has 2 aromatic rings. The van der Waals surface area contributed by atoms with Crippen LogP contribution in [0.2, 0.25) is 0 Å². The molecule has 1 saturated heterocycles. The van der Waals surface area contributed by atoms with E-state index in [-0.39, 0.29) is 10.6 Å². The lowest BCUT2D eigenvalue weighted by Crippen LogP contribution is -2.42. The van der Waals surface area contributed by atoms with Gasteiger partial charge in [0.2, 0.25) is 15.9 Å². The molecule has 154 valence electrons. The van der Waals surface area contributed by atoms with Crippen LogP contribution in [0.1, 0.15) is 29.6 Å². The molecule has 2 amide bonds. The second kappa shape index (κ2) is 9.86. The number of aromatic nitrogens is 1. The van der Waals surface area contributed by atoms with Gasteiger partial charge < -0.3 is 0 Å². The van der Waals surface area contributed by atoms with Crippen molar-refractivity contribution in [1.29, 1.82) is 0 Å². The standard InChI is InChI=1S/C19H22N4O4S2/c24-17(21-22-19(25)15-7-3-1-4-8-15)14-28-18-10-9-16(13-20-18)29(26,27)23-11-5-2-6-12-23/h1,3-4,7-10,13H,2,5-6,11-12,14H2,(H,21,24)(H,22,25). The molecule has 1 aromatic heterocycles. The molecule has 0 radical (unpaired) electrons.